The molecule has 0 aliphatic carbocycles. The van der Waals surface area contributed by atoms with Gasteiger partial charge in [-0.25, -0.2) is 4.39 Å². The number of hydrogen-bond donors (Lipinski definition) is 0. The summed E-state index contributed by atoms with van der Waals surface area (Å²) in [6.45, 7) is -0.431. The van der Waals surface area contributed by atoms with Crippen LogP contribution in [0.2, 0.25) is 0 Å². The maximum absolute atomic E-state index is 12.9. The highest BCUT2D eigenvalue weighted by Gasteiger charge is 2.31. The van der Waals surface area contributed by atoms with Crippen molar-refractivity contribution in [2.75, 3.05) is 26.3 Å². The van der Waals surface area contributed by atoms with Crippen molar-refractivity contribution < 1.29 is 35.5 Å². The molecular weight excluding hydrogens is 439 g/mol. The van der Waals surface area contributed by atoms with Gasteiger partial charge in [0, 0.05) is 30.8 Å². The molecule has 1 heterocycles. The highest BCUT2D eigenvalue weighted by atomic mass is 19.4. The fourth-order valence-corrected chi connectivity index (χ4v) is 3.33. The number of rotatable bonds is 4. The Morgan fingerprint density at radius 2 is 1.09 bits per heavy atom. The van der Waals surface area contributed by atoms with Crippen LogP contribution in [0.25, 0.3) is 12.2 Å². The van der Waals surface area contributed by atoms with Crippen molar-refractivity contribution in [3.63, 3.8) is 0 Å². The van der Waals surface area contributed by atoms with Crippen molar-refractivity contribution in [2.45, 2.75) is 12.4 Å². The van der Waals surface area contributed by atoms with E-state index in [0.717, 1.165) is 24.3 Å². The van der Waals surface area contributed by atoms with E-state index in [1.165, 1.54) is 36.4 Å². The average Bonchev–Trinajstić information content (AvgIpc) is 2.71. The van der Waals surface area contributed by atoms with Gasteiger partial charge in [0.2, 0.25) is 0 Å². The van der Waals surface area contributed by atoms with E-state index in [2.05, 4.69) is 0 Å². The topological polar surface area (TPSA) is 20.3 Å². The van der Waals surface area contributed by atoms with Crippen LogP contribution in [-0.2, 0) is 17.1 Å². The minimum Gasteiger partial charge on any atom is -0.292 e. The third-order valence-corrected chi connectivity index (χ3v) is 4.93. The van der Waals surface area contributed by atoms with E-state index >= 15 is 0 Å². The molecule has 0 atom stereocenters. The normalized spacial score (nSPS) is 18.5. The van der Waals surface area contributed by atoms with E-state index in [1.54, 1.807) is 4.90 Å². The molecule has 1 aliphatic rings. The number of piperidine rings is 1. The van der Waals surface area contributed by atoms with Gasteiger partial charge in [-0.15, -0.1) is 0 Å². The van der Waals surface area contributed by atoms with Crippen LogP contribution in [-0.4, -0.2) is 37.0 Å². The standard InChI is InChI=1S/C23H18F7NO/c24-9-10-31-13-17(11-15-1-5-19(6-2-15)22(25,26)27)21(32)18(14-31)12-16-3-7-20(8-4-16)23(28,29)30/h1-8,11-12H,9-10,13-14H2/b17-11+,18-12+. The van der Waals surface area contributed by atoms with Crippen LogP contribution in [0.4, 0.5) is 30.7 Å². The monoisotopic (exact) mass is 457 g/mol. The van der Waals surface area contributed by atoms with Crippen LogP contribution < -0.4 is 0 Å². The average molecular weight is 457 g/mol. The molecule has 2 nitrogen and oxygen atoms in total. The number of hydrogen-bond acceptors (Lipinski definition) is 2. The quantitative estimate of drug-likeness (QED) is 0.412. The molecular formula is C23H18F7NO. The fraction of sp³-hybridized carbons (Fsp3) is 0.261. The van der Waals surface area contributed by atoms with Crippen molar-refractivity contribution >= 4 is 17.9 Å². The van der Waals surface area contributed by atoms with Gasteiger partial charge in [0.05, 0.1) is 11.1 Å². The lowest BCUT2D eigenvalue weighted by Crippen LogP contribution is -2.38. The summed E-state index contributed by atoms with van der Waals surface area (Å²) >= 11 is 0. The van der Waals surface area contributed by atoms with Crippen molar-refractivity contribution in [3.05, 3.63) is 81.9 Å². The maximum atomic E-state index is 12.9. The van der Waals surface area contributed by atoms with Crippen LogP contribution in [0.3, 0.4) is 0 Å². The number of nitrogens with zero attached hydrogens (tertiary/aromatic N) is 1. The van der Waals surface area contributed by atoms with E-state index < -0.39 is 30.2 Å². The van der Waals surface area contributed by atoms with E-state index in [1.807, 2.05) is 0 Å². The van der Waals surface area contributed by atoms with E-state index in [0.29, 0.717) is 11.1 Å². The predicted octanol–water partition coefficient (Wildman–Crippen LogP) is 6.05. The molecule has 170 valence electrons. The zero-order valence-corrected chi connectivity index (χ0v) is 16.6. The number of benzene rings is 2. The second-order valence-electron chi connectivity index (χ2n) is 7.31. The first-order valence-electron chi connectivity index (χ1n) is 9.56. The summed E-state index contributed by atoms with van der Waals surface area (Å²) < 4.78 is 89.4. The van der Waals surface area contributed by atoms with Crippen molar-refractivity contribution in [2.24, 2.45) is 0 Å². The molecule has 0 N–H and O–H groups in total. The van der Waals surface area contributed by atoms with Gasteiger partial charge in [-0.1, -0.05) is 24.3 Å². The molecule has 3 rings (SSSR count). The lowest BCUT2D eigenvalue weighted by molar-refractivity contribution is -0.138. The Bertz CT molecular complexity index is 937. The third kappa shape index (κ3) is 5.85. The van der Waals surface area contributed by atoms with Gasteiger partial charge < -0.3 is 0 Å². The summed E-state index contributed by atoms with van der Waals surface area (Å²) in [5.74, 6) is -0.389. The van der Waals surface area contributed by atoms with Crippen LogP contribution >= 0.6 is 0 Å². The van der Waals surface area contributed by atoms with Gasteiger partial charge in [0.15, 0.2) is 5.78 Å². The molecule has 0 bridgehead atoms. The number of likely N-dealkylation sites (tertiary alicyclic amines) is 1. The van der Waals surface area contributed by atoms with Crippen molar-refractivity contribution in [3.8, 4) is 0 Å². The Labute approximate surface area is 179 Å². The Morgan fingerprint density at radius 1 is 0.719 bits per heavy atom. The number of alkyl halides is 7. The van der Waals surface area contributed by atoms with Gasteiger partial charge in [0.25, 0.3) is 0 Å². The highest BCUT2D eigenvalue weighted by molar-refractivity contribution is 6.14. The smallest absolute Gasteiger partial charge is 0.292 e. The van der Waals surface area contributed by atoms with Gasteiger partial charge in [0.1, 0.15) is 6.67 Å². The van der Waals surface area contributed by atoms with Crippen LogP contribution in [0, 0.1) is 0 Å². The lowest BCUT2D eigenvalue weighted by atomic mass is 9.94. The molecule has 1 aliphatic heterocycles. The Hall–Kier alpha value is -2.94. The minimum absolute atomic E-state index is 0.0297. The second kappa shape index (κ2) is 9.28. The summed E-state index contributed by atoms with van der Waals surface area (Å²) in [6.07, 6.45) is -6.09. The Kier molecular flexibility index (Phi) is 6.88. The van der Waals surface area contributed by atoms with Crippen LogP contribution in [0.5, 0.6) is 0 Å². The minimum atomic E-state index is -4.48. The molecule has 0 radical (unpaired) electrons. The molecule has 0 saturated carbocycles. The zero-order valence-electron chi connectivity index (χ0n) is 16.6. The van der Waals surface area contributed by atoms with Gasteiger partial charge in [-0.3, -0.25) is 9.69 Å². The number of carbonyl (C=O) groups excluding carboxylic acids is 1. The Balaban J connectivity index is 1.90. The number of ketones is 1. The first-order chi connectivity index (χ1) is 15.0. The SMILES string of the molecule is O=C1/C(=C/c2ccc(C(F)(F)F)cc2)CN(CCF)C/C1=C\c1ccc(C(F)(F)F)cc1. The largest absolute Gasteiger partial charge is 0.416 e. The van der Waals surface area contributed by atoms with Gasteiger partial charge >= 0.3 is 12.4 Å². The predicted molar refractivity (Wildman–Crippen MR) is 106 cm³/mol. The second-order valence-corrected chi connectivity index (χ2v) is 7.31. The van der Waals surface area contributed by atoms with Crippen LogP contribution in [0.1, 0.15) is 22.3 Å². The molecule has 32 heavy (non-hydrogen) atoms. The van der Waals surface area contributed by atoms with Crippen LogP contribution in [0.15, 0.2) is 59.7 Å². The zero-order chi connectivity index (χ0) is 23.5. The lowest BCUT2D eigenvalue weighted by Gasteiger charge is -2.29. The van der Waals surface area contributed by atoms with E-state index in [9.17, 15) is 35.5 Å². The van der Waals surface area contributed by atoms with E-state index in [4.69, 9.17) is 0 Å². The molecule has 2 aromatic carbocycles. The fourth-order valence-electron chi connectivity index (χ4n) is 3.33. The molecule has 9 heteroatoms. The molecule has 1 saturated heterocycles. The number of Topliss-reactive ketones (excluding diaryl/α,β-unsaturated/α-hetero) is 1. The molecule has 0 aromatic heterocycles. The first-order valence-corrected chi connectivity index (χ1v) is 9.56. The highest BCUT2D eigenvalue weighted by Crippen LogP contribution is 2.31. The summed E-state index contributed by atoms with van der Waals surface area (Å²) in [5, 5.41) is 0. The number of halogens is 7. The number of carbonyl (C=O) groups is 1. The summed E-state index contributed by atoms with van der Waals surface area (Å²) in [7, 11) is 0. The first kappa shape index (κ1) is 23.7. The third-order valence-electron chi connectivity index (χ3n) is 4.93. The van der Waals surface area contributed by atoms with Gasteiger partial charge in [-0.2, -0.15) is 26.3 Å². The van der Waals surface area contributed by atoms with Gasteiger partial charge in [-0.05, 0) is 47.5 Å². The summed E-state index contributed by atoms with van der Waals surface area (Å²) in [5.41, 5.74) is -0.395. The summed E-state index contributed by atoms with van der Waals surface area (Å²) in [6, 6.07) is 8.53. The van der Waals surface area contributed by atoms with Crippen molar-refractivity contribution in [1.29, 1.82) is 0 Å². The maximum Gasteiger partial charge on any atom is 0.416 e. The van der Waals surface area contributed by atoms with E-state index in [-0.39, 0.29) is 36.6 Å². The summed E-state index contributed by atoms with van der Waals surface area (Å²) in [4.78, 5) is 14.6. The molecule has 0 unspecified atom stereocenters. The Morgan fingerprint density at radius 3 is 1.41 bits per heavy atom. The molecule has 0 spiro atoms. The molecule has 2 aromatic rings. The molecule has 0 amide bonds. The van der Waals surface area contributed by atoms with Crippen molar-refractivity contribution in [1.82, 2.24) is 4.90 Å². The molecule has 1 fully saturated rings.